The van der Waals surface area contributed by atoms with Gasteiger partial charge in [-0.2, -0.15) is 4.72 Å². The van der Waals surface area contributed by atoms with Gasteiger partial charge in [-0.15, -0.1) is 0 Å². The Hall–Kier alpha value is -3.36. The molecule has 0 spiro atoms. The van der Waals surface area contributed by atoms with Gasteiger partial charge in [0.25, 0.3) is 0 Å². The summed E-state index contributed by atoms with van der Waals surface area (Å²) in [6.07, 6.45) is 0.194. The zero-order valence-electron chi connectivity index (χ0n) is 19.7. The third-order valence-corrected chi connectivity index (χ3v) is 7.01. The first-order valence-corrected chi connectivity index (χ1v) is 12.4. The molecule has 2 atom stereocenters. The van der Waals surface area contributed by atoms with Crippen LogP contribution in [0, 0.1) is 6.92 Å². The number of hydrogen-bond acceptors (Lipinski definition) is 5. The fourth-order valence-corrected chi connectivity index (χ4v) is 5.01. The normalized spacial score (nSPS) is 13.1. The first-order valence-electron chi connectivity index (χ1n) is 10.9. The lowest BCUT2D eigenvalue weighted by Gasteiger charge is -2.23. The molecule has 0 aliphatic heterocycles. The molecular weight excluding hydrogens is 452 g/mol. The summed E-state index contributed by atoms with van der Waals surface area (Å²) in [5, 5.41) is 2.93. The van der Waals surface area contributed by atoms with Crippen molar-refractivity contribution >= 4 is 15.9 Å². The first kappa shape index (κ1) is 25.3. The SMILES string of the molecule is COc1ccc(S(=O)(=O)NC(Cc2ccccc2)C(=O)NC(C)c2ccccc2OC)cc1C. The van der Waals surface area contributed by atoms with Crippen molar-refractivity contribution < 1.29 is 22.7 Å². The monoisotopic (exact) mass is 482 g/mol. The number of methoxy groups -OCH3 is 2. The number of hydrogen-bond donors (Lipinski definition) is 2. The second kappa shape index (κ2) is 11.2. The highest BCUT2D eigenvalue weighted by Gasteiger charge is 2.28. The number of ether oxygens (including phenoxy) is 2. The average molecular weight is 483 g/mol. The number of amides is 1. The molecular formula is C26H30N2O5S. The molecule has 0 aliphatic rings. The summed E-state index contributed by atoms with van der Waals surface area (Å²) in [7, 11) is -0.885. The van der Waals surface area contributed by atoms with Crippen LogP contribution in [0.5, 0.6) is 11.5 Å². The molecule has 0 saturated carbocycles. The highest BCUT2D eigenvalue weighted by atomic mass is 32.2. The molecule has 2 unspecified atom stereocenters. The van der Waals surface area contributed by atoms with E-state index in [9.17, 15) is 13.2 Å². The van der Waals surface area contributed by atoms with E-state index in [0.29, 0.717) is 17.1 Å². The number of rotatable bonds is 10. The number of nitrogens with one attached hydrogen (secondary N) is 2. The fraction of sp³-hybridized carbons (Fsp3) is 0.269. The summed E-state index contributed by atoms with van der Waals surface area (Å²) in [4.78, 5) is 13.4. The minimum absolute atomic E-state index is 0.0643. The fourth-order valence-electron chi connectivity index (χ4n) is 3.73. The highest BCUT2D eigenvalue weighted by Crippen LogP contribution is 2.25. The Kier molecular flexibility index (Phi) is 8.31. The van der Waals surface area contributed by atoms with E-state index in [4.69, 9.17) is 9.47 Å². The Labute approximate surface area is 201 Å². The van der Waals surface area contributed by atoms with E-state index in [1.165, 1.54) is 19.2 Å². The van der Waals surface area contributed by atoms with Crippen molar-refractivity contribution in [2.45, 2.75) is 37.2 Å². The van der Waals surface area contributed by atoms with E-state index < -0.39 is 28.0 Å². The summed E-state index contributed by atoms with van der Waals surface area (Å²) in [6.45, 7) is 3.59. The lowest BCUT2D eigenvalue weighted by Crippen LogP contribution is -2.48. The smallest absolute Gasteiger partial charge is 0.241 e. The molecule has 34 heavy (non-hydrogen) atoms. The number of carbonyl (C=O) groups is 1. The van der Waals surface area contributed by atoms with Crippen LogP contribution < -0.4 is 19.5 Å². The Morgan fingerprint density at radius 3 is 2.21 bits per heavy atom. The molecule has 8 heteroatoms. The van der Waals surface area contributed by atoms with Gasteiger partial charge in [-0.25, -0.2) is 8.42 Å². The van der Waals surface area contributed by atoms with Crippen LogP contribution in [0.4, 0.5) is 0 Å². The van der Waals surface area contributed by atoms with Gasteiger partial charge in [-0.3, -0.25) is 4.79 Å². The van der Waals surface area contributed by atoms with Gasteiger partial charge in [0.15, 0.2) is 0 Å². The lowest BCUT2D eigenvalue weighted by molar-refractivity contribution is -0.123. The number of benzene rings is 3. The van der Waals surface area contributed by atoms with Crippen LogP contribution in [0.2, 0.25) is 0 Å². The van der Waals surface area contributed by atoms with E-state index in [-0.39, 0.29) is 11.3 Å². The van der Waals surface area contributed by atoms with Crippen molar-refractivity contribution in [1.82, 2.24) is 10.0 Å². The molecule has 3 aromatic rings. The van der Waals surface area contributed by atoms with Gasteiger partial charge in [0.1, 0.15) is 17.5 Å². The van der Waals surface area contributed by atoms with E-state index in [0.717, 1.165) is 11.1 Å². The molecule has 7 nitrogen and oxygen atoms in total. The number of carbonyl (C=O) groups excluding carboxylic acids is 1. The summed E-state index contributed by atoms with van der Waals surface area (Å²) in [6, 6.07) is 19.8. The van der Waals surface area contributed by atoms with Crippen LogP contribution in [-0.2, 0) is 21.2 Å². The maximum Gasteiger partial charge on any atom is 0.241 e. The second-order valence-corrected chi connectivity index (χ2v) is 9.68. The van der Waals surface area contributed by atoms with Gasteiger partial charge >= 0.3 is 0 Å². The Morgan fingerprint density at radius 1 is 0.912 bits per heavy atom. The molecule has 0 bridgehead atoms. The highest BCUT2D eigenvalue weighted by molar-refractivity contribution is 7.89. The van der Waals surface area contributed by atoms with Gasteiger partial charge in [0, 0.05) is 5.56 Å². The zero-order valence-corrected chi connectivity index (χ0v) is 20.6. The Bertz CT molecular complexity index is 1230. The maximum absolute atomic E-state index is 13.3. The summed E-state index contributed by atoms with van der Waals surface area (Å²) >= 11 is 0. The molecule has 0 heterocycles. The maximum atomic E-state index is 13.3. The van der Waals surface area contributed by atoms with E-state index in [1.54, 1.807) is 20.1 Å². The number of para-hydroxylation sites is 1. The second-order valence-electron chi connectivity index (χ2n) is 7.97. The van der Waals surface area contributed by atoms with E-state index >= 15 is 0 Å². The van der Waals surface area contributed by atoms with Crippen LogP contribution in [0.15, 0.2) is 77.7 Å². The van der Waals surface area contributed by atoms with Crippen molar-refractivity contribution in [2.24, 2.45) is 0 Å². The topological polar surface area (TPSA) is 93.7 Å². The molecule has 0 saturated heterocycles. The van der Waals surface area contributed by atoms with Crippen molar-refractivity contribution in [3.63, 3.8) is 0 Å². The van der Waals surface area contributed by atoms with Gasteiger partial charge in [0.05, 0.1) is 25.2 Å². The molecule has 0 aromatic heterocycles. The molecule has 3 aromatic carbocycles. The Morgan fingerprint density at radius 2 is 1.56 bits per heavy atom. The predicted octanol–water partition coefficient (Wildman–Crippen LogP) is 3.78. The van der Waals surface area contributed by atoms with Crippen LogP contribution in [0.3, 0.4) is 0 Å². The molecule has 2 N–H and O–H groups in total. The molecule has 180 valence electrons. The van der Waals surface area contributed by atoms with Crippen molar-refractivity contribution in [3.8, 4) is 11.5 Å². The average Bonchev–Trinajstić information content (AvgIpc) is 2.84. The van der Waals surface area contributed by atoms with Crippen molar-refractivity contribution in [2.75, 3.05) is 14.2 Å². The van der Waals surface area contributed by atoms with Gasteiger partial charge in [0.2, 0.25) is 15.9 Å². The molecule has 0 aliphatic carbocycles. The van der Waals surface area contributed by atoms with E-state index in [1.807, 2.05) is 61.5 Å². The lowest BCUT2D eigenvalue weighted by atomic mass is 10.0. The summed E-state index contributed by atoms with van der Waals surface area (Å²) < 4.78 is 39.6. The van der Waals surface area contributed by atoms with Crippen molar-refractivity contribution in [1.29, 1.82) is 0 Å². The van der Waals surface area contributed by atoms with Crippen molar-refractivity contribution in [3.05, 3.63) is 89.5 Å². The van der Waals surface area contributed by atoms with Gasteiger partial charge < -0.3 is 14.8 Å². The van der Waals surface area contributed by atoms with Crippen LogP contribution in [-0.4, -0.2) is 34.6 Å². The van der Waals surface area contributed by atoms with Gasteiger partial charge in [-0.1, -0.05) is 48.5 Å². The van der Waals surface area contributed by atoms with E-state index in [2.05, 4.69) is 10.0 Å². The minimum Gasteiger partial charge on any atom is -0.496 e. The Balaban J connectivity index is 1.87. The van der Waals surface area contributed by atoms with Crippen LogP contribution >= 0.6 is 0 Å². The van der Waals surface area contributed by atoms with Gasteiger partial charge in [-0.05, 0) is 55.7 Å². The quantitative estimate of drug-likeness (QED) is 0.459. The molecule has 1 amide bonds. The molecule has 3 rings (SSSR count). The third-order valence-electron chi connectivity index (χ3n) is 5.54. The largest absolute Gasteiger partial charge is 0.496 e. The molecule has 0 radical (unpaired) electrons. The van der Waals surface area contributed by atoms with Crippen LogP contribution in [0.25, 0.3) is 0 Å². The minimum atomic E-state index is -3.98. The predicted molar refractivity (Wildman–Crippen MR) is 132 cm³/mol. The third kappa shape index (κ3) is 6.15. The zero-order chi connectivity index (χ0) is 24.7. The standard InChI is InChI=1S/C26H30N2O5S/c1-18-16-21(14-15-24(18)32-3)34(30,31)28-23(17-20-10-6-5-7-11-20)26(29)27-19(2)22-12-8-9-13-25(22)33-4/h5-16,19,23,28H,17H2,1-4H3,(H,27,29). The molecule has 0 fully saturated rings. The number of aryl methyl sites for hydroxylation is 1. The first-order chi connectivity index (χ1) is 16.2. The van der Waals surface area contributed by atoms with Crippen LogP contribution in [0.1, 0.15) is 29.7 Å². The summed E-state index contributed by atoms with van der Waals surface area (Å²) in [5.41, 5.74) is 2.31. The number of sulfonamides is 1. The summed E-state index contributed by atoms with van der Waals surface area (Å²) in [5.74, 6) is 0.795.